The van der Waals surface area contributed by atoms with Gasteiger partial charge in [0.15, 0.2) is 11.5 Å². The maximum Gasteiger partial charge on any atom is 0.280 e. The van der Waals surface area contributed by atoms with E-state index in [-0.39, 0.29) is 11.5 Å². The smallest absolute Gasteiger partial charge is 0.280 e. The lowest BCUT2D eigenvalue weighted by Crippen LogP contribution is -2.15. The summed E-state index contributed by atoms with van der Waals surface area (Å²) < 4.78 is 6.59. The molecule has 8 heteroatoms. The van der Waals surface area contributed by atoms with Crippen molar-refractivity contribution in [2.24, 2.45) is 0 Å². The Morgan fingerprint density at radius 1 is 1.28 bits per heavy atom. The molecule has 1 aromatic heterocycles. The topological polar surface area (TPSA) is 95.1 Å². The molecule has 0 fully saturated rings. The van der Waals surface area contributed by atoms with Gasteiger partial charge in [-0.25, -0.2) is 4.68 Å². The molecular formula is C17H16ClN5O2. The van der Waals surface area contributed by atoms with Crippen molar-refractivity contribution in [3.8, 4) is 5.75 Å². The van der Waals surface area contributed by atoms with Gasteiger partial charge in [0.1, 0.15) is 5.75 Å². The fourth-order valence-corrected chi connectivity index (χ4v) is 2.45. The number of benzene rings is 2. The Bertz CT molecular complexity index is 892. The third kappa shape index (κ3) is 3.89. The first-order valence-corrected chi connectivity index (χ1v) is 7.83. The molecular weight excluding hydrogens is 342 g/mol. The van der Waals surface area contributed by atoms with Crippen molar-refractivity contribution < 1.29 is 9.53 Å². The van der Waals surface area contributed by atoms with Gasteiger partial charge < -0.3 is 15.8 Å². The van der Waals surface area contributed by atoms with Crippen LogP contribution in [0.15, 0.2) is 48.5 Å². The maximum absolute atomic E-state index is 12.3. The summed E-state index contributed by atoms with van der Waals surface area (Å²) in [4.78, 5) is 12.3. The van der Waals surface area contributed by atoms with Crippen LogP contribution in [0.3, 0.4) is 0 Å². The normalized spacial score (nSPS) is 10.5. The number of nitrogens with two attached hydrogens (primary N) is 1. The molecule has 0 aliphatic heterocycles. The van der Waals surface area contributed by atoms with Crippen LogP contribution in [0.2, 0.25) is 5.02 Å². The molecule has 0 saturated carbocycles. The number of hydrogen-bond donors (Lipinski definition) is 2. The van der Waals surface area contributed by atoms with Crippen molar-refractivity contribution in [2.45, 2.75) is 6.54 Å². The first kappa shape index (κ1) is 16.8. The lowest BCUT2D eigenvalue weighted by atomic mass is 10.2. The number of rotatable bonds is 5. The summed E-state index contributed by atoms with van der Waals surface area (Å²) in [5.74, 6) is 0.507. The summed E-state index contributed by atoms with van der Waals surface area (Å²) in [5, 5.41) is 11.1. The van der Waals surface area contributed by atoms with Gasteiger partial charge in [-0.2, -0.15) is 0 Å². The minimum atomic E-state index is -0.444. The molecule has 0 radical (unpaired) electrons. The molecule has 0 unspecified atom stereocenters. The fraction of sp³-hybridized carbons (Fsp3) is 0.118. The molecule has 25 heavy (non-hydrogen) atoms. The Hall–Kier alpha value is -3.06. The standard InChI is InChI=1S/C17H16ClN5O2/c1-25-14-7-5-11(6-8-14)10-23-16(19)15(21-22-23)17(24)20-13-4-2-3-12(18)9-13/h2-9H,10,19H2,1H3,(H,20,24). The van der Waals surface area contributed by atoms with Crippen molar-refractivity contribution in [3.63, 3.8) is 0 Å². The zero-order chi connectivity index (χ0) is 17.8. The van der Waals surface area contributed by atoms with E-state index in [4.69, 9.17) is 22.1 Å². The minimum Gasteiger partial charge on any atom is -0.497 e. The largest absolute Gasteiger partial charge is 0.497 e. The molecule has 2 aromatic carbocycles. The van der Waals surface area contributed by atoms with E-state index in [1.807, 2.05) is 24.3 Å². The Labute approximate surface area is 149 Å². The van der Waals surface area contributed by atoms with Crippen molar-refractivity contribution in [2.75, 3.05) is 18.2 Å². The highest BCUT2D eigenvalue weighted by Crippen LogP contribution is 2.18. The molecule has 0 spiro atoms. The summed E-state index contributed by atoms with van der Waals surface area (Å²) >= 11 is 5.90. The van der Waals surface area contributed by atoms with Crippen LogP contribution >= 0.6 is 11.6 Å². The van der Waals surface area contributed by atoms with Gasteiger partial charge in [-0.05, 0) is 35.9 Å². The Morgan fingerprint density at radius 3 is 2.72 bits per heavy atom. The Balaban J connectivity index is 1.74. The molecule has 0 bridgehead atoms. The number of nitrogens with one attached hydrogen (secondary N) is 1. The average molecular weight is 358 g/mol. The molecule has 0 atom stereocenters. The van der Waals surface area contributed by atoms with Crippen molar-refractivity contribution in [1.82, 2.24) is 15.0 Å². The first-order valence-electron chi connectivity index (χ1n) is 7.45. The van der Waals surface area contributed by atoms with Gasteiger partial charge in [-0.3, -0.25) is 4.79 Å². The summed E-state index contributed by atoms with van der Waals surface area (Å²) in [5.41, 5.74) is 7.60. The molecule has 0 aliphatic carbocycles. The summed E-state index contributed by atoms with van der Waals surface area (Å²) in [6, 6.07) is 14.3. The number of hydrogen-bond acceptors (Lipinski definition) is 5. The number of ether oxygens (including phenoxy) is 1. The van der Waals surface area contributed by atoms with Crippen LogP contribution < -0.4 is 15.8 Å². The number of carbonyl (C=O) groups excluding carboxylic acids is 1. The van der Waals surface area contributed by atoms with E-state index in [1.54, 1.807) is 31.4 Å². The van der Waals surface area contributed by atoms with Crippen molar-refractivity contribution in [1.29, 1.82) is 0 Å². The number of nitrogen functional groups attached to an aromatic ring is 1. The molecule has 1 heterocycles. The molecule has 3 N–H and O–H groups in total. The summed E-state index contributed by atoms with van der Waals surface area (Å²) in [6.07, 6.45) is 0. The Kier molecular flexibility index (Phi) is 4.85. The highest BCUT2D eigenvalue weighted by atomic mass is 35.5. The van der Waals surface area contributed by atoms with Crippen LogP contribution in [-0.2, 0) is 6.54 Å². The van der Waals surface area contributed by atoms with Crippen molar-refractivity contribution >= 4 is 29.0 Å². The number of nitrogens with zero attached hydrogens (tertiary/aromatic N) is 3. The molecule has 0 saturated heterocycles. The number of halogens is 1. The number of amides is 1. The zero-order valence-electron chi connectivity index (χ0n) is 13.4. The maximum atomic E-state index is 12.3. The van der Waals surface area contributed by atoms with Crippen LogP contribution in [0.4, 0.5) is 11.5 Å². The van der Waals surface area contributed by atoms with E-state index in [0.717, 1.165) is 11.3 Å². The highest BCUT2D eigenvalue weighted by molar-refractivity contribution is 6.31. The molecule has 3 aromatic rings. The highest BCUT2D eigenvalue weighted by Gasteiger charge is 2.18. The zero-order valence-corrected chi connectivity index (χ0v) is 14.2. The lowest BCUT2D eigenvalue weighted by Gasteiger charge is -2.06. The number of anilines is 2. The quantitative estimate of drug-likeness (QED) is 0.732. The van der Waals surface area contributed by atoms with Crippen LogP contribution in [0, 0.1) is 0 Å². The average Bonchev–Trinajstić information content (AvgIpc) is 2.96. The van der Waals surface area contributed by atoms with E-state index >= 15 is 0 Å². The minimum absolute atomic E-state index is 0.0634. The second-order valence-corrected chi connectivity index (χ2v) is 5.73. The van der Waals surface area contributed by atoms with Crippen LogP contribution in [0.1, 0.15) is 16.1 Å². The van der Waals surface area contributed by atoms with E-state index in [2.05, 4.69) is 15.6 Å². The molecule has 0 aliphatic rings. The van der Waals surface area contributed by atoms with Gasteiger partial charge in [0.05, 0.1) is 13.7 Å². The van der Waals surface area contributed by atoms with E-state index in [0.29, 0.717) is 17.3 Å². The first-order chi connectivity index (χ1) is 12.1. The fourth-order valence-electron chi connectivity index (χ4n) is 2.26. The van der Waals surface area contributed by atoms with Gasteiger partial charge >= 0.3 is 0 Å². The SMILES string of the molecule is COc1ccc(Cn2nnc(C(=O)Nc3cccc(Cl)c3)c2N)cc1. The predicted molar refractivity (Wildman–Crippen MR) is 95.9 cm³/mol. The van der Waals surface area contributed by atoms with Crippen molar-refractivity contribution in [3.05, 3.63) is 64.8 Å². The predicted octanol–water partition coefficient (Wildman–Crippen LogP) is 2.82. The summed E-state index contributed by atoms with van der Waals surface area (Å²) in [7, 11) is 1.61. The molecule has 7 nitrogen and oxygen atoms in total. The third-order valence-corrected chi connectivity index (χ3v) is 3.80. The van der Waals surface area contributed by atoms with Gasteiger partial charge in [0.2, 0.25) is 0 Å². The monoisotopic (exact) mass is 357 g/mol. The van der Waals surface area contributed by atoms with Crippen LogP contribution in [0.5, 0.6) is 5.75 Å². The van der Waals surface area contributed by atoms with E-state index in [1.165, 1.54) is 4.68 Å². The van der Waals surface area contributed by atoms with Crippen LogP contribution in [0.25, 0.3) is 0 Å². The molecule has 3 rings (SSSR count). The molecule has 128 valence electrons. The second kappa shape index (κ2) is 7.23. The van der Waals surface area contributed by atoms with Gasteiger partial charge in [-0.1, -0.05) is 35.0 Å². The van der Waals surface area contributed by atoms with Gasteiger partial charge in [-0.15, -0.1) is 5.10 Å². The van der Waals surface area contributed by atoms with Gasteiger partial charge in [0.25, 0.3) is 5.91 Å². The van der Waals surface area contributed by atoms with E-state index in [9.17, 15) is 4.79 Å². The molecule has 1 amide bonds. The second-order valence-electron chi connectivity index (χ2n) is 5.29. The number of methoxy groups -OCH3 is 1. The number of aromatic nitrogens is 3. The lowest BCUT2D eigenvalue weighted by molar-refractivity contribution is 0.102. The van der Waals surface area contributed by atoms with Gasteiger partial charge in [0, 0.05) is 10.7 Å². The number of carbonyl (C=O) groups is 1. The van der Waals surface area contributed by atoms with Crippen LogP contribution in [-0.4, -0.2) is 28.0 Å². The summed E-state index contributed by atoms with van der Waals surface area (Å²) in [6.45, 7) is 0.396. The van der Waals surface area contributed by atoms with E-state index < -0.39 is 5.91 Å². The Morgan fingerprint density at radius 2 is 2.04 bits per heavy atom. The third-order valence-electron chi connectivity index (χ3n) is 3.56.